The zero-order chi connectivity index (χ0) is 16.5. The maximum absolute atomic E-state index is 12.8. The average molecular weight is 326 g/mol. The first-order valence-electron chi connectivity index (χ1n) is 7.18. The van der Waals surface area contributed by atoms with Crippen molar-refractivity contribution in [2.45, 2.75) is 25.2 Å². The van der Waals surface area contributed by atoms with Gasteiger partial charge in [0.15, 0.2) is 0 Å². The zero-order valence-corrected chi connectivity index (χ0v) is 14.2. The number of amides is 1. The molecule has 1 N–H and O–H groups in total. The molecule has 1 aromatic rings. The van der Waals surface area contributed by atoms with E-state index in [4.69, 9.17) is 4.74 Å². The maximum Gasteiger partial charge on any atom is 0.246 e. The number of benzene rings is 1. The third kappa shape index (κ3) is 2.96. The van der Waals surface area contributed by atoms with Crippen LogP contribution in [0.1, 0.15) is 17.5 Å². The Labute approximate surface area is 131 Å². The number of nitrogens with one attached hydrogen (secondary N) is 1. The van der Waals surface area contributed by atoms with Gasteiger partial charge < -0.3 is 10.1 Å². The van der Waals surface area contributed by atoms with E-state index < -0.39 is 10.0 Å². The molecule has 1 heterocycles. The van der Waals surface area contributed by atoms with Gasteiger partial charge in [0.2, 0.25) is 15.9 Å². The van der Waals surface area contributed by atoms with Crippen molar-refractivity contribution in [3.63, 3.8) is 0 Å². The molecule has 2 rings (SSSR count). The number of ether oxygens (including phenoxy) is 1. The van der Waals surface area contributed by atoms with E-state index in [-0.39, 0.29) is 23.3 Å². The normalized spacial score (nSPS) is 19.2. The third-order valence-electron chi connectivity index (χ3n) is 4.17. The number of sulfonamides is 1. The van der Waals surface area contributed by atoms with E-state index in [9.17, 15) is 13.2 Å². The summed E-state index contributed by atoms with van der Waals surface area (Å²) in [6.07, 6.45) is 0.534. The van der Waals surface area contributed by atoms with Crippen LogP contribution in [0.3, 0.4) is 0 Å². The highest BCUT2D eigenvalue weighted by molar-refractivity contribution is 7.89. The molecule has 122 valence electrons. The summed E-state index contributed by atoms with van der Waals surface area (Å²) < 4.78 is 32.3. The van der Waals surface area contributed by atoms with Crippen molar-refractivity contribution in [3.05, 3.63) is 23.3 Å². The number of nitrogens with zero attached hydrogens (tertiary/aromatic N) is 1. The van der Waals surface area contributed by atoms with Crippen LogP contribution >= 0.6 is 0 Å². The van der Waals surface area contributed by atoms with Crippen molar-refractivity contribution < 1.29 is 17.9 Å². The zero-order valence-electron chi connectivity index (χ0n) is 13.3. The van der Waals surface area contributed by atoms with E-state index >= 15 is 0 Å². The topological polar surface area (TPSA) is 75.7 Å². The largest absolute Gasteiger partial charge is 0.495 e. The summed E-state index contributed by atoms with van der Waals surface area (Å²) in [5.41, 5.74) is 1.86. The van der Waals surface area contributed by atoms with E-state index in [0.29, 0.717) is 18.7 Å². The van der Waals surface area contributed by atoms with Crippen LogP contribution in [-0.4, -0.2) is 45.9 Å². The molecule has 0 spiro atoms. The first kappa shape index (κ1) is 16.8. The Balaban J connectivity index is 2.36. The molecule has 22 heavy (non-hydrogen) atoms. The van der Waals surface area contributed by atoms with E-state index in [1.165, 1.54) is 11.4 Å². The highest BCUT2D eigenvalue weighted by Gasteiger charge is 2.37. The summed E-state index contributed by atoms with van der Waals surface area (Å²) in [7, 11) is -0.647. The van der Waals surface area contributed by atoms with Gasteiger partial charge in [-0.25, -0.2) is 8.42 Å². The molecule has 1 atom stereocenters. The first-order valence-corrected chi connectivity index (χ1v) is 8.62. The molecule has 0 aliphatic carbocycles. The van der Waals surface area contributed by atoms with E-state index in [1.54, 1.807) is 19.2 Å². The molecular formula is C15H22N2O4S. The van der Waals surface area contributed by atoms with Gasteiger partial charge in [0, 0.05) is 20.1 Å². The molecule has 1 saturated heterocycles. The van der Waals surface area contributed by atoms with Gasteiger partial charge in [-0.1, -0.05) is 0 Å². The molecule has 0 bridgehead atoms. The molecule has 1 unspecified atom stereocenters. The van der Waals surface area contributed by atoms with Crippen LogP contribution in [0.5, 0.6) is 5.75 Å². The molecule has 0 aromatic heterocycles. The molecule has 0 radical (unpaired) electrons. The highest BCUT2D eigenvalue weighted by atomic mass is 32.2. The Morgan fingerprint density at radius 1 is 1.32 bits per heavy atom. The van der Waals surface area contributed by atoms with E-state index in [2.05, 4.69) is 5.32 Å². The lowest BCUT2D eigenvalue weighted by molar-refractivity contribution is -0.123. The quantitative estimate of drug-likeness (QED) is 0.898. The van der Waals surface area contributed by atoms with Gasteiger partial charge in [-0.15, -0.1) is 0 Å². The second kappa shape index (κ2) is 6.26. The Morgan fingerprint density at radius 2 is 1.95 bits per heavy atom. The SMILES string of the molecule is CNC(=O)C1CCN(S(=O)(=O)c2cc(C)c(C)cc2OC)C1. The smallest absolute Gasteiger partial charge is 0.246 e. The molecule has 0 saturated carbocycles. The van der Waals surface area contributed by atoms with Crippen molar-refractivity contribution in [3.8, 4) is 5.75 Å². The lowest BCUT2D eigenvalue weighted by Gasteiger charge is -2.19. The fraction of sp³-hybridized carbons (Fsp3) is 0.533. The molecule has 1 aromatic carbocycles. The number of hydrogen-bond donors (Lipinski definition) is 1. The number of hydrogen-bond acceptors (Lipinski definition) is 4. The van der Waals surface area contributed by atoms with Crippen LogP contribution in [0.4, 0.5) is 0 Å². The van der Waals surface area contributed by atoms with Crippen molar-refractivity contribution in [1.29, 1.82) is 0 Å². The van der Waals surface area contributed by atoms with Crippen LogP contribution in [0, 0.1) is 19.8 Å². The van der Waals surface area contributed by atoms with Gasteiger partial charge in [-0.2, -0.15) is 4.31 Å². The van der Waals surface area contributed by atoms with Gasteiger partial charge in [0.1, 0.15) is 10.6 Å². The lowest BCUT2D eigenvalue weighted by Crippen LogP contribution is -2.33. The number of rotatable bonds is 4. The van der Waals surface area contributed by atoms with Gasteiger partial charge in [0.25, 0.3) is 0 Å². The van der Waals surface area contributed by atoms with Gasteiger partial charge >= 0.3 is 0 Å². The Bertz CT molecular complexity index is 685. The van der Waals surface area contributed by atoms with E-state index in [0.717, 1.165) is 11.1 Å². The van der Waals surface area contributed by atoms with Crippen LogP contribution in [0.25, 0.3) is 0 Å². The minimum Gasteiger partial charge on any atom is -0.495 e. The molecule has 1 aliphatic heterocycles. The number of carbonyl (C=O) groups is 1. The number of aryl methyl sites for hydroxylation is 2. The summed E-state index contributed by atoms with van der Waals surface area (Å²) in [6.45, 7) is 4.32. The summed E-state index contributed by atoms with van der Waals surface area (Å²) in [5.74, 6) is -0.0754. The second-order valence-corrected chi connectivity index (χ2v) is 7.46. The number of carbonyl (C=O) groups excluding carboxylic acids is 1. The maximum atomic E-state index is 12.8. The molecule has 1 amide bonds. The van der Waals surface area contributed by atoms with Crippen LogP contribution in [0.15, 0.2) is 17.0 Å². The fourth-order valence-electron chi connectivity index (χ4n) is 2.63. The van der Waals surface area contributed by atoms with Crippen LogP contribution in [0.2, 0.25) is 0 Å². The summed E-state index contributed by atoms with van der Waals surface area (Å²) >= 11 is 0. The van der Waals surface area contributed by atoms with Crippen molar-refractivity contribution in [2.24, 2.45) is 5.92 Å². The molecule has 1 fully saturated rings. The van der Waals surface area contributed by atoms with Gasteiger partial charge in [-0.05, 0) is 43.5 Å². The highest BCUT2D eigenvalue weighted by Crippen LogP contribution is 2.32. The molecule has 1 aliphatic rings. The summed E-state index contributed by atoms with van der Waals surface area (Å²) in [6, 6.07) is 3.37. The second-order valence-electron chi connectivity index (χ2n) is 5.55. The summed E-state index contributed by atoms with van der Waals surface area (Å²) in [4.78, 5) is 11.9. The minimum absolute atomic E-state index is 0.121. The standard InChI is InChI=1S/C15H22N2O4S/c1-10-7-13(21-4)14(8-11(10)2)22(19,20)17-6-5-12(9-17)15(18)16-3/h7-8,12H,5-6,9H2,1-4H3,(H,16,18). The predicted octanol–water partition coefficient (Wildman–Crippen LogP) is 1.07. The van der Waals surface area contributed by atoms with E-state index in [1.807, 2.05) is 13.8 Å². The van der Waals surface area contributed by atoms with Gasteiger partial charge in [0.05, 0.1) is 13.0 Å². The van der Waals surface area contributed by atoms with Crippen molar-refractivity contribution in [1.82, 2.24) is 9.62 Å². The number of methoxy groups -OCH3 is 1. The van der Waals surface area contributed by atoms with Crippen molar-refractivity contribution in [2.75, 3.05) is 27.2 Å². The third-order valence-corrected chi connectivity index (χ3v) is 6.05. The average Bonchev–Trinajstić information content (AvgIpc) is 2.99. The Hall–Kier alpha value is -1.60. The van der Waals surface area contributed by atoms with Crippen molar-refractivity contribution >= 4 is 15.9 Å². The Kier molecular flexibility index (Phi) is 4.77. The monoisotopic (exact) mass is 326 g/mol. The first-order chi connectivity index (χ1) is 10.3. The Morgan fingerprint density at radius 3 is 2.55 bits per heavy atom. The minimum atomic E-state index is -3.67. The van der Waals surface area contributed by atoms with Gasteiger partial charge in [-0.3, -0.25) is 4.79 Å². The predicted molar refractivity (Wildman–Crippen MR) is 83.4 cm³/mol. The van der Waals surface area contributed by atoms with Crippen LogP contribution < -0.4 is 10.1 Å². The lowest BCUT2D eigenvalue weighted by atomic mass is 10.1. The molecule has 6 nitrogen and oxygen atoms in total. The molecule has 7 heteroatoms. The van der Waals surface area contributed by atoms with Crippen LogP contribution in [-0.2, 0) is 14.8 Å². The summed E-state index contributed by atoms with van der Waals surface area (Å²) in [5, 5.41) is 2.57. The molecular weight excluding hydrogens is 304 g/mol. The fourth-order valence-corrected chi connectivity index (χ4v) is 4.35.